The van der Waals surface area contributed by atoms with Gasteiger partial charge in [0.05, 0.1) is 5.54 Å². The summed E-state index contributed by atoms with van der Waals surface area (Å²) in [4.78, 5) is 25.4. The summed E-state index contributed by atoms with van der Waals surface area (Å²) in [5.74, 6) is 0.0465. The van der Waals surface area contributed by atoms with E-state index in [-0.39, 0.29) is 11.8 Å². The lowest BCUT2D eigenvalue weighted by Gasteiger charge is -2.20. The number of nitrogens with zero attached hydrogens (tertiary/aromatic N) is 1. The van der Waals surface area contributed by atoms with Crippen LogP contribution >= 0.6 is 0 Å². The standard InChI is InChI=1S/C13H23N3O2/c14-13(6-7-13)12(18)15-8-5-11(17)16-9-3-1-2-4-10-16/h1-10,14H2,(H,15,18). The van der Waals surface area contributed by atoms with Gasteiger partial charge in [-0.25, -0.2) is 0 Å². The van der Waals surface area contributed by atoms with Crippen LogP contribution in [0.4, 0.5) is 0 Å². The van der Waals surface area contributed by atoms with Crippen LogP contribution in [0.3, 0.4) is 0 Å². The second kappa shape index (κ2) is 5.69. The van der Waals surface area contributed by atoms with E-state index in [1.807, 2.05) is 4.90 Å². The molecule has 1 saturated heterocycles. The first-order valence-electron chi connectivity index (χ1n) is 6.97. The molecule has 0 atom stereocenters. The number of nitrogens with one attached hydrogen (secondary N) is 1. The van der Waals surface area contributed by atoms with Crippen LogP contribution in [-0.4, -0.2) is 41.9 Å². The van der Waals surface area contributed by atoms with Gasteiger partial charge in [0.25, 0.3) is 0 Å². The van der Waals surface area contributed by atoms with Gasteiger partial charge >= 0.3 is 0 Å². The molecule has 1 aliphatic carbocycles. The van der Waals surface area contributed by atoms with Crippen LogP contribution in [-0.2, 0) is 9.59 Å². The summed E-state index contributed by atoms with van der Waals surface area (Å²) in [6, 6.07) is 0. The van der Waals surface area contributed by atoms with Crippen LogP contribution in [0.2, 0.25) is 0 Å². The lowest BCUT2D eigenvalue weighted by molar-refractivity contribution is -0.131. The monoisotopic (exact) mass is 253 g/mol. The Kier molecular flexibility index (Phi) is 4.22. The van der Waals surface area contributed by atoms with E-state index in [2.05, 4.69) is 5.32 Å². The van der Waals surface area contributed by atoms with E-state index in [4.69, 9.17) is 5.73 Å². The molecule has 2 fully saturated rings. The smallest absolute Gasteiger partial charge is 0.240 e. The van der Waals surface area contributed by atoms with Crippen LogP contribution in [0.5, 0.6) is 0 Å². The number of amides is 2. The van der Waals surface area contributed by atoms with Gasteiger partial charge in [-0.3, -0.25) is 9.59 Å². The Morgan fingerprint density at radius 2 is 1.72 bits per heavy atom. The van der Waals surface area contributed by atoms with Crippen molar-refractivity contribution in [1.82, 2.24) is 10.2 Å². The van der Waals surface area contributed by atoms with Gasteiger partial charge in [0.1, 0.15) is 0 Å². The fourth-order valence-electron chi connectivity index (χ4n) is 2.30. The summed E-state index contributed by atoms with van der Waals surface area (Å²) in [5, 5.41) is 2.76. The van der Waals surface area contributed by atoms with Gasteiger partial charge < -0.3 is 16.0 Å². The third-order valence-electron chi connectivity index (χ3n) is 3.82. The molecule has 0 aromatic carbocycles. The Morgan fingerprint density at radius 3 is 2.28 bits per heavy atom. The van der Waals surface area contributed by atoms with Gasteiger partial charge in [-0.15, -0.1) is 0 Å². The third kappa shape index (κ3) is 3.45. The van der Waals surface area contributed by atoms with Crippen molar-refractivity contribution in [3.8, 4) is 0 Å². The molecule has 0 bridgehead atoms. The van der Waals surface area contributed by atoms with Crippen molar-refractivity contribution in [1.29, 1.82) is 0 Å². The number of likely N-dealkylation sites (tertiary alicyclic amines) is 1. The molecule has 0 spiro atoms. The summed E-state index contributed by atoms with van der Waals surface area (Å²) in [6.45, 7) is 2.15. The zero-order chi connectivity index (χ0) is 13.0. The van der Waals surface area contributed by atoms with Crippen molar-refractivity contribution >= 4 is 11.8 Å². The Hall–Kier alpha value is -1.10. The van der Waals surface area contributed by atoms with E-state index in [1.54, 1.807) is 0 Å². The Morgan fingerprint density at radius 1 is 1.11 bits per heavy atom. The fourth-order valence-corrected chi connectivity index (χ4v) is 2.30. The van der Waals surface area contributed by atoms with E-state index in [9.17, 15) is 9.59 Å². The number of carbonyl (C=O) groups excluding carboxylic acids is 2. The van der Waals surface area contributed by atoms with Crippen molar-refractivity contribution < 1.29 is 9.59 Å². The van der Waals surface area contributed by atoms with Gasteiger partial charge in [0.2, 0.25) is 11.8 Å². The molecule has 0 aromatic rings. The van der Waals surface area contributed by atoms with E-state index in [0.29, 0.717) is 13.0 Å². The van der Waals surface area contributed by atoms with Gasteiger partial charge in [-0.1, -0.05) is 12.8 Å². The van der Waals surface area contributed by atoms with Gasteiger partial charge in [0, 0.05) is 26.1 Å². The van der Waals surface area contributed by atoms with Crippen LogP contribution in [0.15, 0.2) is 0 Å². The fraction of sp³-hybridized carbons (Fsp3) is 0.846. The average molecular weight is 253 g/mol. The first kappa shape index (κ1) is 13.3. The predicted octanol–water partition coefficient (Wildman–Crippen LogP) is 0.387. The minimum Gasteiger partial charge on any atom is -0.354 e. The molecule has 2 rings (SSSR count). The average Bonchev–Trinajstić information content (AvgIpc) is 3.13. The number of hydrogen-bond donors (Lipinski definition) is 2. The molecular weight excluding hydrogens is 230 g/mol. The SMILES string of the molecule is NC1(C(=O)NCCC(=O)N2CCCCCC2)CC1. The molecule has 2 amide bonds. The molecule has 0 unspecified atom stereocenters. The quantitative estimate of drug-likeness (QED) is 0.761. The first-order chi connectivity index (χ1) is 8.62. The maximum atomic E-state index is 11.9. The maximum Gasteiger partial charge on any atom is 0.240 e. The summed E-state index contributed by atoms with van der Waals surface area (Å²) < 4.78 is 0. The Bertz CT molecular complexity index is 318. The zero-order valence-electron chi connectivity index (χ0n) is 10.9. The van der Waals surface area contributed by atoms with Crippen LogP contribution in [0, 0.1) is 0 Å². The highest BCUT2D eigenvalue weighted by Crippen LogP contribution is 2.31. The number of hydrogen-bond acceptors (Lipinski definition) is 3. The summed E-state index contributed by atoms with van der Waals surface area (Å²) >= 11 is 0. The van der Waals surface area contributed by atoms with Crippen LogP contribution in [0.1, 0.15) is 44.9 Å². The molecule has 1 aliphatic heterocycles. The first-order valence-corrected chi connectivity index (χ1v) is 6.97. The van der Waals surface area contributed by atoms with Crippen LogP contribution in [0.25, 0.3) is 0 Å². The highest BCUT2D eigenvalue weighted by molar-refractivity contribution is 5.89. The van der Waals surface area contributed by atoms with E-state index in [1.165, 1.54) is 12.8 Å². The lowest BCUT2D eigenvalue weighted by Crippen LogP contribution is -2.44. The summed E-state index contributed by atoms with van der Waals surface area (Å²) in [7, 11) is 0. The molecule has 5 heteroatoms. The molecule has 0 aromatic heterocycles. The second-order valence-electron chi connectivity index (χ2n) is 5.46. The summed E-state index contributed by atoms with van der Waals surface area (Å²) in [6.07, 6.45) is 6.56. The second-order valence-corrected chi connectivity index (χ2v) is 5.46. The Balaban J connectivity index is 1.66. The zero-order valence-corrected chi connectivity index (χ0v) is 10.9. The van der Waals surface area contributed by atoms with Crippen molar-refractivity contribution in [2.75, 3.05) is 19.6 Å². The largest absolute Gasteiger partial charge is 0.354 e. The van der Waals surface area contributed by atoms with E-state index in [0.717, 1.165) is 38.8 Å². The highest BCUT2D eigenvalue weighted by atomic mass is 16.2. The highest BCUT2D eigenvalue weighted by Gasteiger charge is 2.45. The normalized spacial score (nSPS) is 22.2. The Labute approximate surface area is 108 Å². The summed E-state index contributed by atoms with van der Waals surface area (Å²) in [5.41, 5.74) is 5.13. The molecule has 18 heavy (non-hydrogen) atoms. The molecule has 1 heterocycles. The van der Waals surface area contributed by atoms with Gasteiger partial charge in [0.15, 0.2) is 0 Å². The van der Waals surface area contributed by atoms with Crippen molar-refractivity contribution in [3.63, 3.8) is 0 Å². The van der Waals surface area contributed by atoms with Crippen molar-refractivity contribution in [2.24, 2.45) is 5.73 Å². The van der Waals surface area contributed by atoms with Crippen molar-refractivity contribution in [3.05, 3.63) is 0 Å². The minimum atomic E-state index is -0.633. The van der Waals surface area contributed by atoms with E-state index >= 15 is 0 Å². The molecule has 2 aliphatic rings. The number of rotatable bonds is 4. The maximum absolute atomic E-state index is 11.9. The van der Waals surface area contributed by atoms with Gasteiger partial charge in [-0.2, -0.15) is 0 Å². The molecule has 3 N–H and O–H groups in total. The van der Waals surface area contributed by atoms with E-state index < -0.39 is 5.54 Å². The van der Waals surface area contributed by atoms with Crippen molar-refractivity contribution in [2.45, 2.75) is 50.5 Å². The lowest BCUT2D eigenvalue weighted by atomic mass is 10.2. The molecular formula is C13H23N3O2. The van der Waals surface area contributed by atoms with Gasteiger partial charge in [-0.05, 0) is 25.7 Å². The third-order valence-corrected chi connectivity index (χ3v) is 3.82. The number of nitrogens with two attached hydrogens (primary N) is 1. The predicted molar refractivity (Wildman–Crippen MR) is 68.8 cm³/mol. The molecule has 102 valence electrons. The molecule has 1 saturated carbocycles. The molecule has 5 nitrogen and oxygen atoms in total. The van der Waals surface area contributed by atoms with Crippen LogP contribution < -0.4 is 11.1 Å². The number of carbonyl (C=O) groups is 2. The minimum absolute atomic E-state index is 0.105. The topological polar surface area (TPSA) is 75.4 Å². The molecule has 0 radical (unpaired) electrons.